The van der Waals surface area contributed by atoms with E-state index in [2.05, 4.69) is 9.88 Å². The van der Waals surface area contributed by atoms with Gasteiger partial charge in [-0.25, -0.2) is 13.1 Å². The van der Waals surface area contributed by atoms with Crippen LogP contribution in [0, 0.1) is 0 Å². The van der Waals surface area contributed by atoms with Crippen LogP contribution in [0.25, 0.3) is 11.3 Å². The number of ether oxygens (including phenoxy) is 2. The molecule has 0 aliphatic heterocycles. The number of sulfonamides is 1. The average molecular weight is 374 g/mol. The van der Waals surface area contributed by atoms with Crippen LogP contribution in [0.15, 0.2) is 64.1 Å². The van der Waals surface area contributed by atoms with Crippen LogP contribution in [-0.2, 0) is 16.6 Å². The van der Waals surface area contributed by atoms with Gasteiger partial charge in [0.2, 0.25) is 10.0 Å². The summed E-state index contributed by atoms with van der Waals surface area (Å²) in [4.78, 5) is 0.0400. The minimum atomic E-state index is -3.79. The molecular weight excluding hydrogens is 356 g/mol. The lowest BCUT2D eigenvalue weighted by Gasteiger charge is -2.13. The summed E-state index contributed by atoms with van der Waals surface area (Å²) in [5, 5.41) is 3.65. The standard InChI is InChI=1S/C18H18N2O5S/c1-23-15-6-4-3-5-14(15)12-20-26(21,22)18-8-7-13(11-17(18)24-2)16-9-10-19-25-16/h3-11,20H,12H2,1-2H3. The molecule has 0 fully saturated rings. The van der Waals surface area contributed by atoms with E-state index in [1.54, 1.807) is 37.4 Å². The van der Waals surface area contributed by atoms with Crippen molar-refractivity contribution in [2.24, 2.45) is 0 Å². The minimum Gasteiger partial charge on any atom is -0.496 e. The number of nitrogens with zero attached hydrogens (tertiary/aromatic N) is 1. The molecule has 8 heteroatoms. The summed E-state index contributed by atoms with van der Waals surface area (Å²) < 4.78 is 43.6. The Labute approximate surface area is 151 Å². The molecular formula is C18H18N2O5S. The van der Waals surface area contributed by atoms with Gasteiger partial charge in [-0.2, -0.15) is 0 Å². The smallest absolute Gasteiger partial charge is 0.244 e. The summed E-state index contributed by atoms with van der Waals surface area (Å²) in [6, 6.07) is 13.6. The molecule has 0 spiro atoms. The molecule has 26 heavy (non-hydrogen) atoms. The first-order valence-electron chi connectivity index (χ1n) is 7.76. The van der Waals surface area contributed by atoms with Gasteiger partial charge in [-0.1, -0.05) is 23.4 Å². The highest BCUT2D eigenvalue weighted by molar-refractivity contribution is 7.89. The first-order chi connectivity index (χ1) is 12.5. The highest BCUT2D eigenvalue weighted by Crippen LogP contribution is 2.30. The summed E-state index contributed by atoms with van der Waals surface area (Å²) in [6.07, 6.45) is 1.52. The summed E-state index contributed by atoms with van der Waals surface area (Å²) in [5.74, 6) is 1.35. The summed E-state index contributed by atoms with van der Waals surface area (Å²) >= 11 is 0. The molecule has 0 atom stereocenters. The van der Waals surface area contributed by atoms with Crippen LogP contribution in [0.3, 0.4) is 0 Å². The molecule has 0 aliphatic rings. The zero-order valence-electron chi connectivity index (χ0n) is 14.3. The Morgan fingerprint density at radius 1 is 1.04 bits per heavy atom. The fraction of sp³-hybridized carbons (Fsp3) is 0.167. The van der Waals surface area contributed by atoms with Crippen LogP contribution in [-0.4, -0.2) is 27.8 Å². The van der Waals surface area contributed by atoms with Crippen LogP contribution in [0.4, 0.5) is 0 Å². The molecule has 0 saturated heterocycles. The number of benzene rings is 2. The van der Waals surface area contributed by atoms with Gasteiger partial charge in [0.1, 0.15) is 16.4 Å². The van der Waals surface area contributed by atoms with Crippen molar-refractivity contribution in [3.63, 3.8) is 0 Å². The van der Waals surface area contributed by atoms with Gasteiger partial charge in [0.05, 0.1) is 20.4 Å². The van der Waals surface area contributed by atoms with Crippen molar-refractivity contribution in [2.75, 3.05) is 14.2 Å². The number of hydrogen-bond donors (Lipinski definition) is 1. The molecule has 0 saturated carbocycles. The zero-order chi connectivity index (χ0) is 18.6. The lowest BCUT2D eigenvalue weighted by Crippen LogP contribution is -2.24. The Morgan fingerprint density at radius 3 is 2.50 bits per heavy atom. The fourth-order valence-electron chi connectivity index (χ4n) is 2.51. The van der Waals surface area contributed by atoms with Gasteiger partial charge in [-0.05, 0) is 24.3 Å². The maximum absolute atomic E-state index is 12.7. The number of aromatic nitrogens is 1. The Morgan fingerprint density at radius 2 is 1.81 bits per heavy atom. The van der Waals surface area contributed by atoms with Gasteiger partial charge in [-0.15, -0.1) is 0 Å². The van der Waals surface area contributed by atoms with E-state index in [-0.39, 0.29) is 17.2 Å². The van der Waals surface area contributed by atoms with Crippen LogP contribution in [0.5, 0.6) is 11.5 Å². The van der Waals surface area contributed by atoms with E-state index in [4.69, 9.17) is 14.0 Å². The summed E-state index contributed by atoms with van der Waals surface area (Å²) in [6.45, 7) is 0.0966. The third-order valence-corrected chi connectivity index (χ3v) is 5.26. The van der Waals surface area contributed by atoms with Crippen molar-refractivity contribution in [1.82, 2.24) is 9.88 Å². The molecule has 0 unspecified atom stereocenters. The quantitative estimate of drug-likeness (QED) is 0.684. The van der Waals surface area contributed by atoms with Crippen molar-refractivity contribution >= 4 is 10.0 Å². The first-order valence-corrected chi connectivity index (χ1v) is 9.24. The highest BCUT2D eigenvalue weighted by atomic mass is 32.2. The molecule has 3 rings (SSSR count). The molecule has 2 aromatic carbocycles. The Bertz CT molecular complexity index is 985. The second kappa shape index (κ2) is 7.59. The van der Waals surface area contributed by atoms with Gasteiger partial charge in [0, 0.05) is 23.7 Å². The zero-order valence-corrected chi connectivity index (χ0v) is 15.1. The Balaban J connectivity index is 1.87. The second-order valence-electron chi connectivity index (χ2n) is 5.38. The molecule has 1 N–H and O–H groups in total. The molecule has 0 amide bonds. The third-order valence-electron chi connectivity index (χ3n) is 3.82. The summed E-state index contributed by atoms with van der Waals surface area (Å²) in [7, 11) is -0.833. The van der Waals surface area contributed by atoms with Crippen molar-refractivity contribution < 1.29 is 22.4 Å². The lowest BCUT2D eigenvalue weighted by molar-refractivity contribution is 0.401. The van der Waals surface area contributed by atoms with E-state index >= 15 is 0 Å². The van der Waals surface area contributed by atoms with Crippen molar-refractivity contribution in [1.29, 1.82) is 0 Å². The molecule has 0 radical (unpaired) electrons. The molecule has 1 aromatic heterocycles. The fourth-order valence-corrected chi connectivity index (χ4v) is 3.66. The third kappa shape index (κ3) is 3.71. The van der Waals surface area contributed by atoms with Gasteiger partial charge >= 0.3 is 0 Å². The maximum atomic E-state index is 12.7. The van der Waals surface area contributed by atoms with Gasteiger partial charge in [0.15, 0.2) is 5.76 Å². The van der Waals surface area contributed by atoms with E-state index in [1.807, 2.05) is 12.1 Å². The number of nitrogens with one attached hydrogen (secondary N) is 1. The average Bonchev–Trinajstić information content (AvgIpc) is 3.21. The number of methoxy groups -OCH3 is 2. The molecule has 136 valence electrons. The van der Waals surface area contributed by atoms with Crippen LogP contribution in [0.2, 0.25) is 0 Å². The van der Waals surface area contributed by atoms with E-state index in [0.717, 1.165) is 5.56 Å². The van der Waals surface area contributed by atoms with E-state index < -0.39 is 10.0 Å². The Hall–Kier alpha value is -2.84. The number of hydrogen-bond acceptors (Lipinski definition) is 6. The SMILES string of the molecule is COc1ccccc1CNS(=O)(=O)c1ccc(-c2ccno2)cc1OC. The maximum Gasteiger partial charge on any atom is 0.244 e. The van der Waals surface area contributed by atoms with Crippen molar-refractivity contribution in [2.45, 2.75) is 11.4 Å². The van der Waals surface area contributed by atoms with E-state index in [9.17, 15) is 8.42 Å². The topological polar surface area (TPSA) is 90.7 Å². The minimum absolute atomic E-state index is 0.0400. The molecule has 0 bridgehead atoms. The van der Waals surface area contributed by atoms with Crippen LogP contribution >= 0.6 is 0 Å². The van der Waals surface area contributed by atoms with E-state index in [0.29, 0.717) is 17.1 Å². The molecule has 0 aliphatic carbocycles. The largest absolute Gasteiger partial charge is 0.496 e. The number of para-hydroxylation sites is 1. The highest BCUT2D eigenvalue weighted by Gasteiger charge is 2.21. The van der Waals surface area contributed by atoms with Gasteiger partial charge in [-0.3, -0.25) is 0 Å². The van der Waals surface area contributed by atoms with Crippen LogP contribution < -0.4 is 14.2 Å². The van der Waals surface area contributed by atoms with Crippen molar-refractivity contribution in [3.8, 4) is 22.8 Å². The van der Waals surface area contributed by atoms with Crippen molar-refractivity contribution in [3.05, 3.63) is 60.3 Å². The van der Waals surface area contributed by atoms with Crippen LogP contribution in [0.1, 0.15) is 5.56 Å². The molecule has 7 nitrogen and oxygen atoms in total. The number of rotatable bonds is 7. The molecule has 1 heterocycles. The molecule has 3 aromatic rings. The normalized spacial score (nSPS) is 11.3. The Kier molecular flexibility index (Phi) is 5.24. The van der Waals surface area contributed by atoms with Gasteiger partial charge < -0.3 is 14.0 Å². The van der Waals surface area contributed by atoms with E-state index in [1.165, 1.54) is 19.4 Å². The summed E-state index contributed by atoms with van der Waals surface area (Å²) in [5.41, 5.74) is 1.40. The predicted octanol–water partition coefficient (Wildman–Crippen LogP) is 2.84. The lowest BCUT2D eigenvalue weighted by atomic mass is 10.1. The van der Waals surface area contributed by atoms with Gasteiger partial charge in [0.25, 0.3) is 0 Å². The first kappa shape index (κ1) is 18.0. The monoisotopic (exact) mass is 374 g/mol. The predicted molar refractivity (Wildman–Crippen MR) is 95.5 cm³/mol. The second-order valence-corrected chi connectivity index (χ2v) is 7.11.